The summed E-state index contributed by atoms with van der Waals surface area (Å²) in [4.78, 5) is 32.8. The van der Waals surface area contributed by atoms with Crippen molar-refractivity contribution in [2.45, 2.75) is 25.0 Å². The molecule has 4 aromatic rings. The van der Waals surface area contributed by atoms with Crippen LogP contribution >= 0.6 is 0 Å². The molecule has 2 aromatic heterocycles. The molecule has 2 unspecified atom stereocenters. The van der Waals surface area contributed by atoms with Crippen LogP contribution in [0.5, 0.6) is 0 Å². The van der Waals surface area contributed by atoms with E-state index in [1.165, 1.54) is 0 Å². The molecule has 2 aromatic carbocycles. The topological polar surface area (TPSA) is 117 Å². The van der Waals surface area contributed by atoms with Gasteiger partial charge in [0.05, 0.1) is 24.1 Å². The van der Waals surface area contributed by atoms with Crippen LogP contribution in [0.25, 0.3) is 11.4 Å². The molecule has 0 aliphatic carbocycles. The Hall–Kier alpha value is -4.57. The lowest BCUT2D eigenvalue weighted by Crippen LogP contribution is -2.43. The summed E-state index contributed by atoms with van der Waals surface area (Å²) in [6, 6.07) is 20.4. The van der Waals surface area contributed by atoms with E-state index in [0.717, 1.165) is 37.2 Å². The number of fused-ring (bicyclic) bond motifs is 2. The molecular formula is C27H26N8O2. The Morgan fingerprint density at radius 2 is 1.54 bits per heavy atom. The maximum Gasteiger partial charge on any atom is 0.323 e. The highest BCUT2D eigenvalue weighted by Crippen LogP contribution is 2.30. The minimum Gasteiger partial charge on any atom is -0.371 e. The number of para-hydroxylation sites is 1. The summed E-state index contributed by atoms with van der Waals surface area (Å²) in [5.74, 6) is 1.65. The number of anilines is 5. The molecule has 2 saturated heterocycles. The van der Waals surface area contributed by atoms with E-state index < -0.39 is 0 Å². The Balaban J connectivity index is 1.24. The summed E-state index contributed by atoms with van der Waals surface area (Å²) in [5.41, 5.74) is 2.97. The first-order valence-electron chi connectivity index (χ1n) is 12.2. The SMILES string of the molecule is O=C(Nc1ccc(-c2nc(Nc3ccccc3)nc(N3CC4CCC(C3)O4)n2)cc1)Nc1cccnc1. The number of carbonyl (C=O) groups excluding carboxylic acids is 1. The van der Waals surface area contributed by atoms with Gasteiger partial charge in [-0.1, -0.05) is 18.2 Å². The number of benzene rings is 2. The van der Waals surface area contributed by atoms with E-state index in [-0.39, 0.29) is 18.2 Å². The van der Waals surface area contributed by atoms with Crippen molar-refractivity contribution >= 4 is 35.0 Å². The van der Waals surface area contributed by atoms with E-state index in [2.05, 4.69) is 25.8 Å². The largest absolute Gasteiger partial charge is 0.371 e. The fourth-order valence-corrected chi connectivity index (χ4v) is 4.55. The molecule has 2 aliphatic heterocycles. The Morgan fingerprint density at radius 3 is 2.27 bits per heavy atom. The van der Waals surface area contributed by atoms with Gasteiger partial charge in [0.25, 0.3) is 0 Å². The third-order valence-corrected chi connectivity index (χ3v) is 6.30. The third kappa shape index (κ3) is 5.49. The summed E-state index contributed by atoms with van der Waals surface area (Å²) in [6.07, 6.45) is 5.80. The average molecular weight is 495 g/mol. The number of rotatable bonds is 6. The number of morpholine rings is 1. The lowest BCUT2D eigenvalue weighted by atomic mass is 10.2. The zero-order valence-corrected chi connectivity index (χ0v) is 20.0. The first-order valence-corrected chi connectivity index (χ1v) is 12.2. The summed E-state index contributed by atoms with van der Waals surface area (Å²) in [7, 11) is 0. The Morgan fingerprint density at radius 1 is 0.811 bits per heavy atom. The minimum atomic E-state index is -0.348. The van der Waals surface area contributed by atoms with Crippen LogP contribution in [0.15, 0.2) is 79.1 Å². The van der Waals surface area contributed by atoms with E-state index in [1.54, 1.807) is 24.5 Å². The molecule has 6 rings (SSSR count). The Kier molecular flexibility index (Phi) is 6.30. The van der Waals surface area contributed by atoms with Gasteiger partial charge >= 0.3 is 6.03 Å². The number of nitrogens with one attached hydrogen (secondary N) is 3. The minimum absolute atomic E-state index is 0.215. The number of pyridine rings is 1. The van der Waals surface area contributed by atoms with Crippen molar-refractivity contribution in [3.05, 3.63) is 79.1 Å². The average Bonchev–Trinajstić information content (AvgIpc) is 3.27. The standard InChI is InChI=1S/C27H26N8O2/c36-27(31-21-7-4-14-28-15-21)30-20-10-8-18(9-11-20)24-32-25(29-19-5-2-1-3-6-19)34-26(33-24)35-16-22-12-13-23(17-35)37-22/h1-11,14-15,22-23H,12-13,16-17H2,(H2,30,31,36)(H,29,32,33,34). The number of aromatic nitrogens is 4. The van der Waals surface area contributed by atoms with Gasteiger partial charge in [-0.15, -0.1) is 0 Å². The van der Waals surface area contributed by atoms with E-state index in [9.17, 15) is 4.79 Å². The van der Waals surface area contributed by atoms with Crippen molar-refractivity contribution < 1.29 is 9.53 Å². The lowest BCUT2D eigenvalue weighted by molar-refractivity contribution is 0.0299. The van der Waals surface area contributed by atoms with Crippen molar-refractivity contribution in [2.75, 3.05) is 33.9 Å². The van der Waals surface area contributed by atoms with Gasteiger partial charge < -0.3 is 25.6 Å². The number of nitrogens with zero attached hydrogens (tertiary/aromatic N) is 5. The van der Waals surface area contributed by atoms with Crippen molar-refractivity contribution in [3.63, 3.8) is 0 Å². The second kappa shape index (κ2) is 10.2. The van der Waals surface area contributed by atoms with Crippen molar-refractivity contribution in [1.29, 1.82) is 0 Å². The smallest absolute Gasteiger partial charge is 0.323 e. The first kappa shape index (κ1) is 22.9. The van der Waals surface area contributed by atoms with E-state index in [0.29, 0.717) is 29.1 Å². The number of urea groups is 1. The molecule has 10 heteroatoms. The quantitative estimate of drug-likeness (QED) is 0.353. The van der Waals surface area contributed by atoms with Gasteiger partial charge in [0.15, 0.2) is 5.82 Å². The molecule has 0 radical (unpaired) electrons. The van der Waals surface area contributed by atoms with Gasteiger partial charge in [-0.2, -0.15) is 15.0 Å². The molecule has 37 heavy (non-hydrogen) atoms. The number of carbonyl (C=O) groups is 1. The van der Waals surface area contributed by atoms with Crippen LogP contribution in [-0.2, 0) is 4.74 Å². The summed E-state index contributed by atoms with van der Waals surface area (Å²) >= 11 is 0. The van der Waals surface area contributed by atoms with Crippen LogP contribution in [0.4, 0.5) is 33.8 Å². The van der Waals surface area contributed by atoms with Crippen LogP contribution in [-0.4, -0.2) is 51.3 Å². The molecule has 0 saturated carbocycles. The molecule has 2 bridgehead atoms. The molecule has 2 fully saturated rings. The van der Waals surface area contributed by atoms with Crippen molar-refractivity contribution in [3.8, 4) is 11.4 Å². The number of hydrogen-bond donors (Lipinski definition) is 3. The highest BCUT2D eigenvalue weighted by atomic mass is 16.5. The predicted molar refractivity (Wildman–Crippen MR) is 142 cm³/mol. The van der Waals surface area contributed by atoms with Gasteiger partial charge in [0.1, 0.15) is 0 Å². The van der Waals surface area contributed by atoms with Crippen LogP contribution in [0, 0.1) is 0 Å². The fourth-order valence-electron chi connectivity index (χ4n) is 4.55. The van der Waals surface area contributed by atoms with Gasteiger partial charge in [-0.05, 0) is 61.4 Å². The van der Waals surface area contributed by atoms with Crippen LogP contribution in [0.1, 0.15) is 12.8 Å². The second-order valence-electron chi connectivity index (χ2n) is 9.03. The van der Waals surface area contributed by atoms with Gasteiger partial charge in [-0.3, -0.25) is 4.98 Å². The van der Waals surface area contributed by atoms with Crippen molar-refractivity contribution in [1.82, 2.24) is 19.9 Å². The first-order chi connectivity index (χ1) is 18.2. The summed E-state index contributed by atoms with van der Waals surface area (Å²) < 4.78 is 6.00. The van der Waals surface area contributed by atoms with Gasteiger partial charge in [-0.25, -0.2) is 4.79 Å². The fraction of sp³-hybridized carbons (Fsp3) is 0.222. The van der Waals surface area contributed by atoms with E-state index in [4.69, 9.17) is 19.7 Å². The molecular weight excluding hydrogens is 468 g/mol. The van der Waals surface area contributed by atoms with Gasteiger partial charge in [0.2, 0.25) is 11.9 Å². The number of hydrogen-bond acceptors (Lipinski definition) is 8. The van der Waals surface area contributed by atoms with Crippen LogP contribution in [0.3, 0.4) is 0 Å². The normalized spacial score (nSPS) is 18.3. The molecule has 2 amide bonds. The molecule has 0 spiro atoms. The highest BCUT2D eigenvalue weighted by molar-refractivity contribution is 5.99. The zero-order valence-electron chi connectivity index (χ0n) is 20.0. The zero-order chi connectivity index (χ0) is 25.0. The summed E-state index contributed by atoms with van der Waals surface area (Å²) in [6.45, 7) is 1.53. The molecule has 3 N–H and O–H groups in total. The Bertz CT molecular complexity index is 1360. The second-order valence-corrected chi connectivity index (χ2v) is 9.03. The molecule has 2 atom stereocenters. The third-order valence-electron chi connectivity index (χ3n) is 6.30. The Labute approximate surface area is 214 Å². The van der Waals surface area contributed by atoms with Crippen molar-refractivity contribution in [2.24, 2.45) is 0 Å². The summed E-state index contributed by atoms with van der Waals surface area (Å²) in [5, 5.41) is 8.88. The molecule has 10 nitrogen and oxygen atoms in total. The molecule has 2 aliphatic rings. The van der Waals surface area contributed by atoms with Crippen LogP contribution < -0.4 is 20.9 Å². The monoisotopic (exact) mass is 494 g/mol. The van der Waals surface area contributed by atoms with E-state index in [1.807, 2.05) is 54.6 Å². The van der Waals surface area contributed by atoms with Crippen LogP contribution in [0.2, 0.25) is 0 Å². The molecule has 4 heterocycles. The van der Waals surface area contributed by atoms with E-state index >= 15 is 0 Å². The maximum atomic E-state index is 12.3. The molecule has 186 valence electrons. The highest BCUT2D eigenvalue weighted by Gasteiger charge is 2.35. The number of amides is 2. The van der Waals surface area contributed by atoms with Gasteiger partial charge in [0, 0.05) is 36.2 Å². The lowest BCUT2D eigenvalue weighted by Gasteiger charge is -2.32. The predicted octanol–water partition coefficient (Wildman–Crippen LogP) is 4.69. The number of ether oxygens (including phenoxy) is 1. The maximum absolute atomic E-state index is 12.3.